The average molecular weight is 471 g/mol. The highest BCUT2D eigenvalue weighted by Crippen LogP contribution is 2.26. The number of rotatable bonds is 3. The maximum Gasteiger partial charge on any atom is 0.410 e. The monoisotopic (exact) mass is 470 g/mol. The third-order valence-corrected chi connectivity index (χ3v) is 6.73. The molecule has 1 saturated heterocycles. The molecular weight excluding hydrogens is 440 g/mol. The minimum Gasteiger partial charge on any atom is -0.444 e. The molecule has 4 rings (SSSR count). The number of carbonyl (C=O) groups excluding carboxylic acids is 2. The predicted octanol–water partition coefficient (Wildman–Crippen LogP) is 2.97. The SMILES string of the molecule is Cc1nc2c(c(=O)n1C(C(=O)N1CCSC1)c1ccccc1)CCN(C(=O)OC(C)(C)C)C2. The van der Waals surface area contributed by atoms with Crippen LogP contribution in [0.3, 0.4) is 0 Å². The summed E-state index contributed by atoms with van der Waals surface area (Å²) >= 11 is 1.71. The van der Waals surface area contributed by atoms with Crippen molar-refractivity contribution in [3.05, 3.63) is 63.3 Å². The van der Waals surface area contributed by atoms with Crippen LogP contribution in [0.1, 0.15) is 49.5 Å². The average Bonchev–Trinajstić information content (AvgIpc) is 3.30. The summed E-state index contributed by atoms with van der Waals surface area (Å²) in [6.07, 6.45) is -0.0451. The predicted molar refractivity (Wildman–Crippen MR) is 127 cm³/mol. The van der Waals surface area contributed by atoms with Crippen LogP contribution in [-0.4, -0.2) is 61.7 Å². The van der Waals surface area contributed by atoms with Crippen molar-refractivity contribution in [2.45, 2.75) is 52.3 Å². The number of carbonyl (C=O) groups is 2. The molecule has 1 aromatic carbocycles. The molecule has 0 spiro atoms. The zero-order chi connectivity index (χ0) is 23.8. The number of benzene rings is 1. The molecule has 1 fully saturated rings. The first-order valence-corrected chi connectivity index (χ1v) is 12.3. The van der Waals surface area contributed by atoms with Crippen molar-refractivity contribution >= 4 is 23.8 Å². The van der Waals surface area contributed by atoms with Crippen LogP contribution in [0, 0.1) is 6.92 Å². The lowest BCUT2D eigenvalue weighted by atomic mass is 10.0. The Labute approximate surface area is 197 Å². The first-order valence-electron chi connectivity index (χ1n) is 11.2. The second kappa shape index (κ2) is 9.21. The first kappa shape index (κ1) is 23.4. The molecule has 0 saturated carbocycles. The van der Waals surface area contributed by atoms with Gasteiger partial charge in [-0.1, -0.05) is 30.3 Å². The molecule has 0 bridgehead atoms. The van der Waals surface area contributed by atoms with Gasteiger partial charge in [-0.3, -0.25) is 14.2 Å². The van der Waals surface area contributed by atoms with Crippen LogP contribution in [0.25, 0.3) is 0 Å². The summed E-state index contributed by atoms with van der Waals surface area (Å²) in [6, 6.07) is 8.63. The minimum absolute atomic E-state index is 0.0932. The maximum absolute atomic E-state index is 13.7. The van der Waals surface area contributed by atoms with Crippen molar-refractivity contribution < 1.29 is 14.3 Å². The Morgan fingerprint density at radius 2 is 1.85 bits per heavy atom. The fourth-order valence-electron chi connectivity index (χ4n) is 4.21. The number of thioether (sulfide) groups is 1. The van der Waals surface area contributed by atoms with Crippen LogP contribution in [-0.2, 0) is 22.5 Å². The van der Waals surface area contributed by atoms with Gasteiger partial charge in [-0.15, -0.1) is 11.8 Å². The second-order valence-electron chi connectivity index (χ2n) is 9.36. The third-order valence-electron chi connectivity index (χ3n) is 5.77. The molecule has 176 valence electrons. The van der Waals surface area contributed by atoms with Crippen molar-refractivity contribution in [1.29, 1.82) is 0 Å². The molecule has 0 radical (unpaired) electrons. The van der Waals surface area contributed by atoms with E-state index in [2.05, 4.69) is 0 Å². The molecule has 2 aromatic rings. The number of fused-ring (bicyclic) bond motifs is 1. The minimum atomic E-state index is -0.765. The van der Waals surface area contributed by atoms with Crippen LogP contribution in [0.5, 0.6) is 0 Å². The third kappa shape index (κ3) is 4.93. The largest absolute Gasteiger partial charge is 0.444 e. The highest BCUT2D eigenvalue weighted by Gasteiger charge is 2.34. The molecule has 1 atom stereocenters. The summed E-state index contributed by atoms with van der Waals surface area (Å²) in [6.45, 7) is 8.47. The van der Waals surface area contributed by atoms with Crippen LogP contribution >= 0.6 is 11.8 Å². The first-order chi connectivity index (χ1) is 15.7. The van der Waals surface area contributed by atoms with Crippen LogP contribution in [0.2, 0.25) is 0 Å². The van der Waals surface area contributed by atoms with Gasteiger partial charge < -0.3 is 14.5 Å². The fraction of sp³-hybridized carbons (Fsp3) is 0.500. The van der Waals surface area contributed by atoms with Gasteiger partial charge in [0.15, 0.2) is 0 Å². The molecule has 9 heteroatoms. The van der Waals surface area contributed by atoms with Gasteiger partial charge in [0.05, 0.1) is 18.1 Å². The van der Waals surface area contributed by atoms with Gasteiger partial charge in [0, 0.05) is 24.4 Å². The van der Waals surface area contributed by atoms with E-state index in [1.54, 1.807) is 28.5 Å². The lowest BCUT2D eigenvalue weighted by Gasteiger charge is -2.32. The van der Waals surface area contributed by atoms with Gasteiger partial charge in [0.2, 0.25) is 0 Å². The van der Waals surface area contributed by atoms with Gasteiger partial charge in [-0.25, -0.2) is 9.78 Å². The van der Waals surface area contributed by atoms with Gasteiger partial charge in [0.1, 0.15) is 17.5 Å². The molecule has 2 amide bonds. The zero-order valence-corrected chi connectivity index (χ0v) is 20.4. The number of aryl methyl sites for hydroxylation is 1. The molecule has 33 heavy (non-hydrogen) atoms. The topological polar surface area (TPSA) is 84.7 Å². The normalized spacial score (nSPS) is 17.0. The number of aromatic nitrogens is 2. The molecule has 2 aliphatic rings. The van der Waals surface area contributed by atoms with Crippen molar-refractivity contribution in [3.63, 3.8) is 0 Å². The Bertz CT molecular complexity index is 1100. The fourth-order valence-corrected chi connectivity index (χ4v) is 5.16. The summed E-state index contributed by atoms with van der Waals surface area (Å²) in [4.78, 5) is 47.8. The van der Waals surface area contributed by atoms with E-state index in [0.717, 1.165) is 11.3 Å². The number of hydrogen-bond acceptors (Lipinski definition) is 6. The van der Waals surface area contributed by atoms with E-state index < -0.39 is 17.7 Å². The smallest absolute Gasteiger partial charge is 0.410 e. The Morgan fingerprint density at radius 1 is 1.12 bits per heavy atom. The summed E-state index contributed by atoms with van der Waals surface area (Å²) in [5.41, 5.74) is 1.08. The highest BCUT2D eigenvalue weighted by molar-refractivity contribution is 7.99. The van der Waals surface area contributed by atoms with Gasteiger partial charge in [-0.05, 0) is 39.7 Å². The quantitative estimate of drug-likeness (QED) is 0.686. The van der Waals surface area contributed by atoms with Crippen molar-refractivity contribution in [2.75, 3.05) is 24.7 Å². The second-order valence-corrected chi connectivity index (χ2v) is 10.4. The summed E-state index contributed by atoms with van der Waals surface area (Å²) < 4.78 is 7.02. The van der Waals surface area contributed by atoms with E-state index in [1.807, 2.05) is 51.1 Å². The van der Waals surface area contributed by atoms with Crippen molar-refractivity contribution in [2.24, 2.45) is 0 Å². The molecule has 0 aliphatic carbocycles. The van der Waals surface area contributed by atoms with Crippen molar-refractivity contribution in [1.82, 2.24) is 19.4 Å². The Kier molecular flexibility index (Phi) is 6.52. The van der Waals surface area contributed by atoms with Crippen LogP contribution in [0.15, 0.2) is 35.1 Å². The Hall–Kier alpha value is -2.81. The molecule has 1 aromatic heterocycles. The molecule has 1 unspecified atom stereocenters. The van der Waals surface area contributed by atoms with Gasteiger partial charge in [0.25, 0.3) is 11.5 Å². The molecule has 8 nitrogen and oxygen atoms in total. The van der Waals surface area contributed by atoms with E-state index in [9.17, 15) is 14.4 Å². The summed E-state index contributed by atoms with van der Waals surface area (Å²) in [5.74, 6) is 1.88. The Morgan fingerprint density at radius 3 is 2.48 bits per heavy atom. The Balaban J connectivity index is 1.72. The van der Waals surface area contributed by atoms with E-state index in [1.165, 1.54) is 4.57 Å². The molecule has 0 N–H and O–H groups in total. The number of amides is 2. The van der Waals surface area contributed by atoms with Gasteiger partial charge >= 0.3 is 6.09 Å². The molecule has 3 heterocycles. The highest BCUT2D eigenvalue weighted by atomic mass is 32.2. The number of nitrogens with zero attached hydrogens (tertiary/aromatic N) is 4. The van der Waals surface area contributed by atoms with E-state index in [4.69, 9.17) is 9.72 Å². The maximum atomic E-state index is 13.7. The van der Waals surface area contributed by atoms with E-state index >= 15 is 0 Å². The number of ether oxygens (including phenoxy) is 1. The standard InChI is InChI=1S/C24H30N4O4S/c1-16-25-19-14-26(23(31)32-24(2,3)4)11-10-18(19)21(29)28(16)20(17-8-6-5-7-9-17)22(30)27-12-13-33-15-27/h5-9,20H,10-15H2,1-4H3. The zero-order valence-electron chi connectivity index (χ0n) is 19.5. The molecular formula is C24H30N4O4S. The van der Waals surface area contributed by atoms with Crippen LogP contribution < -0.4 is 5.56 Å². The molecule has 2 aliphatic heterocycles. The number of hydrogen-bond donors (Lipinski definition) is 0. The van der Waals surface area contributed by atoms with Crippen molar-refractivity contribution in [3.8, 4) is 0 Å². The van der Waals surface area contributed by atoms with Gasteiger partial charge in [-0.2, -0.15) is 0 Å². The lowest BCUT2D eigenvalue weighted by Crippen LogP contribution is -2.45. The lowest BCUT2D eigenvalue weighted by molar-refractivity contribution is -0.132. The van der Waals surface area contributed by atoms with E-state index in [-0.39, 0.29) is 18.0 Å². The van der Waals surface area contributed by atoms with Crippen LogP contribution in [0.4, 0.5) is 4.79 Å². The van der Waals surface area contributed by atoms with E-state index in [0.29, 0.717) is 42.5 Å². The summed E-state index contributed by atoms with van der Waals surface area (Å²) in [7, 11) is 0. The summed E-state index contributed by atoms with van der Waals surface area (Å²) in [5, 5.41) is 0.